The van der Waals surface area contributed by atoms with Gasteiger partial charge >= 0.3 is 0 Å². The monoisotopic (exact) mass is 388 g/mol. The summed E-state index contributed by atoms with van der Waals surface area (Å²) in [5.41, 5.74) is 4.82. The third-order valence-electron chi connectivity index (χ3n) is 4.45. The third kappa shape index (κ3) is 5.77. The SMILES string of the molecule is COCc1cccc(C(=O)NCc2cccc(NC(=O)c3ccc(C)cc3)c2)c1. The van der Waals surface area contributed by atoms with Gasteiger partial charge in [0.1, 0.15) is 0 Å². The molecule has 0 aliphatic rings. The van der Waals surface area contributed by atoms with E-state index >= 15 is 0 Å². The fourth-order valence-electron chi connectivity index (χ4n) is 2.92. The van der Waals surface area contributed by atoms with Crippen LogP contribution >= 0.6 is 0 Å². The molecule has 3 aromatic carbocycles. The summed E-state index contributed by atoms with van der Waals surface area (Å²) in [7, 11) is 1.62. The first-order chi connectivity index (χ1) is 14.0. The highest BCUT2D eigenvalue weighted by atomic mass is 16.5. The van der Waals surface area contributed by atoms with Crippen molar-refractivity contribution in [1.82, 2.24) is 5.32 Å². The zero-order valence-corrected chi connectivity index (χ0v) is 16.6. The Hall–Kier alpha value is -3.44. The second-order valence-corrected chi connectivity index (χ2v) is 6.84. The van der Waals surface area contributed by atoms with Crippen molar-refractivity contribution < 1.29 is 14.3 Å². The topological polar surface area (TPSA) is 67.4 Å². The average molecular weight is 388 g/mol. The van der Waals surface area contributed by atoms with Crippen LogP contribution in [0.2, 0.25) is 0 Å². The number of hydrogen-bond donors (Lipinski definition) is 2. The van der Waals surface area contributed by atoms with Gasteiger partial charge in [0.05, 0.1) is 6.61 Å². The summed E-state index contributed by atoms with van der Waals surface area (Å²) >= 11 is 0. The van der Waals surface area contributed by atoms with E-state index in [4.69, 9.17) is 4.74 Å². The summed E-state index contributed by atoms with van der Waals surface area (Å²) in [6.45, 7) is 2.80. The van der Waals surface area contributed by atoms with E-state index in [2.05, 4.69) is 10.6 Å². The number of nitrogens with one attached hydrogen (secondary N) is 2. The van der Waals surface area contributed by atoms with Crippen LogP contribution in [-0.4, -0.2) is 18.9 Å². The van der Waals surface area contributed by atoms with Crippen LogP contribution < -0.4 is 10.6 Å². The minimum absolute atomic E-state index is 0.156. The van der Waals surface area contributed by atoms with Crippen LogP contribution in [0.4, 0.5) is 5.69 Å². The van der Waals surface area contributed by atoms with Crippen molar-refractivity contribution in [3.05, 3.63) is 101 Å². The number of ether oxygens (including phenoxy) is 1. The molecule has 0 bridgehead atoms. The number of carbonyl (C=O) groups is 2. The van der Waals surface area contributed by atoms with Gasteiger partial charge in [0.25, 0.3) is 11.8 Å². The van der Waals surface area contributed by atoms with E-state index in [0.717, 1.165) is 16.7 Å². The van der Waals surface area contributed by atoms with Gasteiger partial charge in [-0.15, -0.1) is 0 Å². The predicted octanol–water partition coefficient (Wildman–Crippen LogP) is 4.32. The van der Waals surface area contributed by atoms with Crippen molar-refractivity contribution in [2.24, 2.45) is 0 Å². The standard InChI is InChI=1S/C24H24N2O3/c1-17-9-11-20(12-10-17)24(28)26-22-8-4-5-18(14-22)15-25-23(27)21-7-3-6-19(13-21)16-29-2/h3-14H,15-16H2,1-2H3,(H,25,27)(H,26,28). The highest BCUT2D eigenvalue weighted by Gasteiger charge is 2.08. The number of anilines is 1. The highest BCUT2D eigenvalue weighted by molar-refractivity contribution is 6.04. The van der Waals surface area contributed by atoms with Gasteiger partial charge < -0.3 is 15.4 Å². The lowest BCUT2D eigenvalue weighted by Crippen LogP contribution is -2.23. The molecule has 0 saturated carbocycles. The molecule has 0 heterocycles. The van der Waals surface area contributed by atoms with Crippen molar-refractivity contribution in [2.45, 2.75) is 20.1 Å². The molecule has 5 nitrogen and oxygen atoms in total. The van der Waals surface area contributed by atoms with Crippen molar-refractivity contribution in [1.29, 1.82) is 0 Å². The highest BCUT2D eigenvalue weighted by Crippen LogP contribution is 2.13. The lowest BCUT2D eigenvalue weighted by molar-refractivity contribution is 0.0949. The van der Waals surface area contributed by atoms with Gasteiger partial charge in [-0.3, -0.25) is 9.59 Å². The third-order valence-corrected chi connectivity index (χ3v) is 4.45. The van der Waals surface area contributed by atoms with Crippen LogP contribution in [0.15, 0.2) is 72.8 Å². The van der Waals surface area contributed by atoms with Gasteiger partial charge in [0, 0.05) is 30.5 Å². The first-order valence-corrected chi connectivity index (χ1v) is 9.38. The summed E-state index contributed by atoms with van der Waals surface area (Å²) < 4.78 is 5.11. The van der Waals surface area contributed by atoms with Gasteiger partial charge in [-0.05, 0) is 54.4 Å². The van der Waals surface area contributed by atoms with E-state index < -0.39 is 0 Å². The zero-order chi connectivity index (χ0) is 20.6. The maximum atomic E-state index is 12.4. The van der Waals surface area contributed by atoms with E-state index in [1.807, 2.05) is 61.5 Å². The zero-order valence-electron chi connectivity index (χ0n) is 16.6. The Morgan fingerprint density at radius 2 is 1.55 bits per heavy atom. The van der Waals surface area contributed by atoms with Crippen LogP contribution in [0.25, 0.3) is 0 Å². The number of carbonyl (C=O) groups excluding carboxylic acids is 2. The van der Waals surface area contributed by atoms with E-state index in [0.29, 0.717) is 30.0 Å². The smallest absolute Gasteiger partial charge is 0.255 e. The first kappa shape index (κ1) is 20.3. The molecule has 0 unspecified atom stereocenters. The van der Waals surface area contributed by atoms with Gasteiger partial charge in [-0.25, -0.2) is 0 Å². The molecule has 0 aliphatic carbocycles. The number of rotatable bonds is 7. The molecule has 148 valence electrons. The second-order valence-electron chi connectivity index (χ2n) is 6.84. The quantitative estimate of drug-likeness (QED) is 0.633. The minimum Gasteiger partial charge on any atom is -0.380 e. The molecular weight excluding hydrogens is 364 g/mol. The van der Waals surface area contributed by atoms with Gasteiger partial charge in [0.15, 0.2) is 0 Å². The normalized spacial score (nSPS) is 10.4. The molecule has 0 radical (unpaired) electrons. The van der Waals surface area contributed by atoms with Crippen molar-refractivity contribution in [3.8, 4) is 0 Å². The van der Waals surface area contributed by atoms with Crippen molar-refractivity contribution in [2.75, 3.05) is 12.4 Å². The number of benzene rings is 3. The summed E-state index contributed by atoms with van der Waals surface area (Å²) in [6, 6.07) is 22.2. The van der Waals surface area contributed by atoms with Crippen LogP contribution in [-0.2, 0) is 17.9 Å². The van der Waals surface area contributed by atoms with Gasteiger partial charge in [0.2, 0.25) is 0 Å². The van der Waals surface area contributed by atoms with E-state index in [1.54, 1.807) is 25.3 Å². The molecule has 29 heavy (non-hydrogen) atoms. The maximum Gasteiger partial charge on any atom is 0.255 e. The van der Waals surface area contributed by atoms with E-state index in [-0.39, 0.29) is 11.8 Å². The Kier molecular flexibility index (Phi) is 6.76. The maximum absolute atomic E-state index is 12.4. The summed E-state index contributed by atoms with van der Waals surface area (Å²) in [5.74, 6) is -0.321. The van der Waals surface area contributed by atoms with Gasteiger partial charge in [-0.1, -0.05) is 42.0 Å². The summed E-state index contributed by atoms with van der Waals surface area (Å²) in [5, 5.41) is 5.80. The fraction of sp³-hybridized carbons (Fsp3) is 0.167. The molecule has 5 heteroatoms. The van der Waals surface area contributed by atoms with Crippen molar-refractivity contribution in [3.63, 3.8) is 0 Å². The number of hydrogen-bond acceptors (Lipinski definition) is 3. The molecule has 3 rings (SSSR count). The van der Waals surface area contributed by atoms with Crippen LogP contribution in [0.3, 0.4) is 0 Å². The molecule has 0 aliphatic heterocycles. The molecule has 0 saturated heterocycles. The molecule has 0 atom stereocenters. The Bertz CT molecular complexity index is 997. The molecule has 0 spiro atoms. The van der Waals surface area contributed by atoms with Gasteiger partial charge in [-0.2, -0.15) is 0 Å². The average Bonchev–Trinajstić information content (AvgIpc) is 2.73. The predicted molar refractivity (Wildman–Crippen MR) is 114 cm³/mol. The number of methoxy groups -OCH3 is 1. The first-order valence-electron chi connectivity index (χ1n) is 9.38. The molecule has 2 N–H and O–H groups in total. The molecule has 0 aromatic heterocycles. The fourth-order valence-corrected chi connectivity index (χ4v) is 2.92. The lowest BCUT2D eigenvalue weighted by atomic mass is 10.1. The summed E-state index contributed by atoms with van der Waals surface area (Å²) in [6.07, 6.45) is 0. The largest absolute Gasteiger partial charge is 0.380 e. The second kappa shape index (κ2) is 9.66. The van der Waals surface area contributed by atoms with E-state index in [1.165, 1.54) is 0 Å². The Balaban J connectivity index is 1.61. The molecule has 3 aromatic rings. The van der Waals surface area contributed by atoms with Crippen LogP contribution in [0.5, 0.6) is 0 Å². The number of amides is 2. The van der Waals surface area contributed by atoms with E-state index in [9.17, 15) is 9.59 Å². The van der Waals surface area contributed by atoms with Crippen molar-refractivity contribution >= 4 is 17.5 Å². The Labute approximate surface area is 170 Å². The number of aryl methyl sites for hydroxylation is 1. The molecule has 0 fully saturated rings. The van der Waals surface area contributed by atoms with Crippen LogP contribution in [0, 0.1) is 6.92 Å². The minimum atomic E-state index is -0.166. The Morgan fingerprint density at radius 1 is 0.828 bits per heavy atom. The summed E-state index contributed by atoms with van der Waals surface area (Å²) in [4.78, 5) is 24.8. The molecular formula is C24H24N2O3. The lowest BCUT2D eigenvalue weighted by Gasteiger charge is -2.10. The van der Waals surface area contributed by atoms with Crippen LogP contribution in [0.1, 0.15) is 37.4 Å². The molecule has 2 amide bonds. The Morgan fingerprint density at radius 3 is 2.31 bits per heavy atom.